The van der Waals surface area contributed by atoms with Crippen LogP contribution in [0.1, 0.15) is 0 Å². The third-order valence-corrected chi connectivity index (χ3v) is 2.18. The van der Waals surface area contributed by atoms with Crippen LogP contribution in [-0.4, -0.2) is 30.7 Å². The van der Waals surface area contributed by atoms with E-state index >= 15 is 0 Å². The fraction of sp³-hybridized carbons (Fsp3) is 0.429. The van der Waals surface area contributed by atoms with Gasteiger partial charge in [-0.25, -0.2) is 4.79 Å². The molecule has 0 saturated carbocycles. The molecule has 5 N–H and O–H groups in total. The minimum Gasteiger partial charge on any atom is -0.377 e. The maximum absolute atomic E-state index is 11.4. The fourth-order valence-corrected chi connectivity index (χ4v) is 1.44. The van der Waals surface area contributed by atoms with E-state index in [1.165, 1.54) is 16.3 Å². The third-order valence-electron chi connectivity index (χ3n) is 2.18. The van der Waals surface area contributed by atoms with Crippen LogP contribution >= 0.6 is 0 Å². The largest absolute Gasteiger partial charge is 0.377 e. The summed E-state index contributed by atoms with van der Waals surface area (Å²) < 4.78 is 2.66. The highest BCUT2D eigenvalue weighted by Crippen LogP contribution is 2.06. The fourth-order valence-electron chi connectivity index (χ4n) is 1.44. The van der Waals surface area contributed by atoms with Crippen molar-refractivity contribution in [1.82, 2.24) is 19.3 Å². The Hall–Kier alpha value is -1.80. The summed E-state index contributed by atoms with van der Waals surface area (Å²) in [5, 5.41) is 11.7. The van der Waals surface area contributed by atoms with E-state index < -0.39 is 17.5 Å². The normalized spacial score (nSPS) is 13.5. The molecule has 1 atom stereocenters. The Bertz CT molecular complexity index is 598. The van der Waals surface area contributed by atoms with Crippen LogP contribution in [0.3, 0.4) is 0 Å². The van der Waals surface area contributed by atoms with Crippen LogP contribution in [0.25, 0.3) is 11.2 Å². The maximum Gasteiger partial charge on any atom is 0.329 e. The summed E-state index contributed by atoms with van der Waals surface area (Å²) in [7, 11) is 1.53. The van der Waals surface area contributed by atoms with Crippen LogP contribution in [0.2, 0.25) is 0 Å². The highest BCUT2D eigenvalue weighted by atomic mass is 16.3. The molecule has 0 aliphatic carbocycles. The molecule has 82 valence electrons. The SMILES string of the molecule is Cn1c(=O)[nH]c(=O)c2c1[nH]n2CC(N)O. The topological polar surface area (TPSA) is 122 Å². The quantitative estimate of drug-likeness (QED) is 0.416. The molecule has 0 bridgehead atoms. The van der Waals surface area contributed by atoms with Crippen LogP contribution in [0.15, 0.2) is 9.59 Å². The molecule has 15 heavy (non-hydrogen) atoms. The molecular formula is C7H11N5O3. The molecule has 2 aromatic heterocycles. The molecule has 2 heterocycles. The van der Waals surface area contributed by atoms with Crippen molar-refractivity contribution in [2.45, 2.75) is 12.8 Å². The lowest BCUT2D eigenvalue weighted by Crippen LogP contribution is -2.37. The first-order valence-electron chi connectivity index (χ1n) is 4.32. The van der Waals surface area contributed by atoms with Crippen molar-refractivity contribution in [3.8, 4) is 0 Å². The predicted octanol–water partition coefficient (Wildman–Crippen LogP) is -2.37. The smallest absolute Gasteiger partial charge is 0.329 e. The summed E-state index contributed by atoms with van der Waals surface area (Å²) in [4.78, 5) is 24.7. The van der Waals surface area contributed by atoms with Crippen molar-refractivity contribution >= 4 is 11.2 Å². The van der Waals surface area contributed by atoms with Crippen LogP contribution in [0.5, 0.6) is 0 Å². The Morgan fingerprint density at radius 1 is 1.53 bits per heavy atom. The van der Waals surface area contributed by atoms with E-state index in [0.717, 1.165) is 0 Å². The first-order chi connectivity index (χ1) is 7.00. The number of H-pyrrole nitrogens is 2. The van der Waals surface area contributed by atoms with Gasteiger partial charge in [0.2, 0.25) is 0 Å². The molecular weight excluding hydrogens is 202 g/mol. The van der Waals surface area contributed by atoms with Crippen LogP contribution in [0.4, 0.5) is 0 Å². The summed E-state index contributed by atoms with van der Waals surface area (Å²) in [6.07, 6.45) is -1.05. The average molecular weight is 213 g/mol. The number of hydrogen-bond acceptors (Lipinski definition) is 4. The number of aliphatic hydroxyl groups is 1. The average Bonchev–Trinajstić information content (AvgIpc) is 2.07. The lowest BCUT2D eigenvalue weighted by molar-refractivity contribution is 0.156. The lowest BCUT2D eigenvalue weighted by Gasteiger charge is -2.18. The number of rotatable bonds is 2. The van der Waals surface area contributed by atoms with Gasteiger partial charge in [0.1, 0.15) is 6.23 Å². The first kappa shape index (κ1) is 9.74. The third kappa shape index (κ3) is 1.39. The molecule has 1 unspecified atom stereocenters. The second kappa shape index (κ2) is 3.11. The molecule has 0 fully saturated rings. The van der Waals surface area contributed by atoms with Gasteiger partial charge in [-0.05, 0) is 0 Å². The van der Waals surface area contributed by atoms with E-state index in [4.69, 9.17) is 10.8 Å². The first-order valence-corrected chi connectivity index (χ1v) is 4.32. The van der Waals surface area contributed by atoms with Crippen molar-refractivity contribution in [1.29, 1.82) is 0 Å². The van der Waals surface area contributed by atoms with Gasteiger partial charge in [0.05, 0.1) is 6.54 Å². The number of aryl methyl sites for hydroxylation is 1. The molecule has 8 nitrogen and oxygen atoms in total. The van der Waals surface area contributed by atoms with Crippen LogP contribution in [-0.2, 0) is 13.6 Å². The molecule has 0 saturated heterocycles. The minimum atomic E-state index is -1.05. The maximum atomic E-state index is 11.4. The van der Waals surface area contributed by atoms with Gasteiger partial charge in [0.15, 0.2) is 11.2 Å². The van der Waals surface area contributed by atoms with Crippen LogP contribution in [0, 0.1) is 0 Å². The summed E-state index contributed by atoms with van der Waals surface area (Å²) in [6, 6.07) is 0. The molecule has 8 heteroatoms. The number of aromatic nitrogens is 4. The molecule has 0 amide bonds. The van der Waals surface area contributed by atoms with Crippen LogP contribution < -0.4 is 17.0 Å². The Morgan fingerprint density at radius 2 is 2.20 bits per heavy atom. The summed E-state index contributed by atoms with van der Waals surface area (Å²) in [5.74, 6) is 0. The molecule has 0 spiro atoms. The zero-order valence-corrected chi connectivity index (χ0v) is 8.02. The zero-order chi connectivity index (χ0) is 11.2. The van der Waals surface area contributed by atoms with E-state index in [1.807, 2.05) is 0 Å². The Labute approximate surface area is 82.9 Å². The second-order valence-corrected chi connectivity index (χ2v) is 3.31. The van der Waals surface area contributed by atoms with Gasteiger partial charge in [0.25, 0.3) is 5.56 Å². The van der Waals surface area contributed by atoms with Gasteiger partial charge in [-0.15, -0.1) is 0 Å². The van der Waals surface area contributed by atoms with Crippen molar-refractivity contribution < 1.29 is 5.11 Å². The van der Waals surface area contributed by atoms with Crippen molar-refractivity contribution in [2.24, 2.45) is 12.8 Å². The number of nitrogens with one attached hydrogen (secondary N) is 2. The molecule has 2 rings (SSSR count). The van der Waals surface area contributed by atoms with Gasteiger partial charge in [0, 0.05) is 7.05 Å². The molecule has 2 aromatic rings. The summed E-state index contributed by atoms with van der Waals surface area (Å²) >= 11 is 0. The standard InChI is InChI=1S/C7H11N5O3/c1-11-5-4(6(14)9-7(11)15)12(10-5)2-3(8)13/h3,10,13H,2,8H2,1H3,(H,9,14,15). The Morgan fingerprint density at radius 3 is 2.80 bits per heavy atom. The number of aromatic amines is 2. The minimum absolute atomic E-state index is 0.0777. The van der Waals surface area contributed by atoms with Crippen molar-refractivity contribution in [2.75, 3.05) is 0 Å². The van der Waals surface area contributed by atoms with Gasteiger partial charge < -0.3 is 10.8 Å². The van der Waals surface area contributed by atoms with Crippen molar-refractivity contribution in [3.63, 3.8) is 0 Å². The summed E-state index contributed by atoms with van der Waals surface area (Å²) in [6.45, 7) is 0.0777. The van der Waals surface area contributed by atoms with E-state index in [0.29, 0.717) is 11.2 Å². The van der Waals surface area contributed by atoms with Gasteiger partial charge in [-0.3, -0.25) is 24.1 Å². The monoisotopic (exact) mass is 213 g/mol. The number of fused-ring (bicyclic) bond motifs is 1. The Kier molecular flexibility index (Phi) is 2.02. The molecule has 0 radical (unpaired) electrons. The molecule has 0 aliphatic heterocycles. The second-order valence-electron chi connectivity index (χ2n) is 3.31. The van der Waals surface area contributed by atoms with Gasteiger partial charge in [-0.2, -0.15) is 0 Å². The van der Waals surface area contributed by atoms with E-state index in [-0.39, 0.29) is 6.54 Å². The van der Waals surface area contributed by atoms with Crippen molar-refractivity contribution in [3.05, 3.63) is 20.8 Å². The van der Waals surface area contributed by atoms with E-state index in [1.54, 1.807) is 0 Å². The summed E-state index contributed by atoms with van der Waals surface area (Å²) in [5.41, 5.74) is 4.92. The number of aliphatic hydroxyl groups excluding tert-OH is 1. The van der Waals surface area contributed by atoms with E-state index in [2.05, 4.69) is 10.1 Å². The number of nitrogens with two attached hydrogens (primary N) is 1. The molecule has 0 aliphatic rings. The Balaban J connectivity index is 2.62. The van der Waals surface area contributed by atoms with Gasteiger partial charge >= 0.3 is 5.69 Å². The lowest BCUT2D eigenvalue weighted by atomic mass is 10.4. The number of nitrogens with zero attached hydrogens (tertiary/aromatic N) is 2. The zero-order valence-electron chi connectivity index (χ0n) is 8.02. The van der Waals surface area contributed by atoms with Gasteiger partial charge in [-0.1, -0.05) is 0 Å². The van der Waals surface area contributed by atoms with E-state index in [9.17, 15) is 9.59 Å². The molecule has 0 aromatic carbocycles. The highest BCUT2D eigenvalue weighted by molar-refractivity contribution is 5.71. The highest BCUT2D eigenvalue weighted by Gasteiger charge is 2.14. The number of hydrogen-bond donors (Lipinski definition) is 4. The predicted molar refractivity (Wildman–Crippen MR) is 52.3 cm³/mol.